The molecule has 1 atom stereocenters. The fourth-order valence-electron chi connectivity index (χ4n) is 2.13. The zero-order chi connectivity index (χ0) is 13.9. The summed E-state index contributed by atoms with van der Waals surface area (Å²) in [6.07, 6.45) is 2.45. The highest BCUT2D eigenvalue weighted by Gasteiger charge is 2.29. The molecule has 3 rings (SSSR count). The number of H-pyrrole nitrogens is 1. The van der Waals surface area contributed by atoms with Gasteiger partial charge in [0.2, 0.25) is 0 Å². The number of nitriles is 1. The number of aromatic nitrogens is 3. The normalized spacial score (nSPS) is 15.8. The highest BCUT2D eigenvalue weighted by Crippen LogP contribution is 2.41. The van der Waals surface area contributed by atoms with Crippen molar-refractivity contribution >= 4 is 11.8 Å². The second-order valence-corrected chi connectivity index (χ2v) is 5.96. The Hall–Kier alpha value is -2.00. The Morgan fingerprint density at radius 1 is 1.45 bits per heavy atom. The first-order valence-electron chi connectivity index (χ1n) is 6.55. The minimum atomic E-state index is -0.154. The van der Waals surface area contributed by atoms with Crippen molar-refractivity contribution in [2.24, 2.45) is 0 Å². The average molecular weight is 286 g/mol. The number of hydrogen-bond donors (Lipinski definition) is 1. The minimum absolute atomic E-state index is 0.00565. The van der Waals surface area contributed by atoms with Crippen LogP contribution in [-0.4, -0.2) is 14.8 Å². The van der Waals surface area contributed by atoms with Crippen LogP contribution in [0.5, 0.6) is 0 Å². The summed E-state index contributed by atoms with van der Waals surface area (Å²) in [7, 11) is 0. The number of aromatic amines is 1. The first-order valence-corrected chi connectivity index (χ1v) is 7.43. The lowest BCUT2D eigenvalue weighted by atomic mass is 10.1. The number of rotatable bonds is 5. The van der Waals surface area contributed by atoms with Gasteiger partial charge in [-0.05, 0) is 18.4 Å². The molecule has 2 aromatic rings. The van der Waals surface area contributed by atoms with Crippen molar-refractivity contribution in [1.29, 1.82) is 5.26 Å². The summed E-state index contributed by atoms with van der Waals surface area (Å²) in [4.78, 5) is 11.8. The van der Waals surface area contributed by atoms with Gasteiger partial charge in [0.1, 0.15) is 0 Å². The van der Waals surface area contributed by atoms with E-state index >= 15 is 0 Å². The molecule has 20 heavy (non-hydrogen) atoms. The van der Waals surface area contributed by atoms with Gasteiger partial charge in [0, 0.05) is 6.04 Å². The van der Waals surface area contributed by atoms with E-state index in [-0.39, 0.29) is 17.0 Å². The van der Waals surface area contributed by atoms with Crippen molar-refractivity contribution in [1.82, 2.24) is 14.8 Å². The van der Waals surface area contributed by atoms with Crippen LogP contribution in [0.1, 0.15) is 36.1 Å². The van der Waals surface area contributed by atoms with Crippen LogP contribution in [0, 0.1) is 11.3 Å². The summed E-state index contributed by atoms with van der Waals surface area (Å²) >= 11 is 1.48. The molecule has 0 saturated heterocycles. The maximum Gasteiger partial charge on any atom is 0.344 e. The van der Waals surface area contributed by atoms with Gasteiger partial charge in [-0.1, -0.05) is 42.1 Å². The lowest BCUT2D eigenvalue weighted by Gasteiger charge is -2.13. The van der Waals surface area contributed by atoms with Gasteiger partial charge in [0.25, 0.3) is 0 Å². The molecule has 1 saturated carbocycles. The van der Waals surface area contributed by atoms with Gasteiger partial charge in [0.05, 0.1) is 17.7 Å². The molecule has 1 heterocycles. The van der Waals surface area contributed by atoms with Gasteiger partial charge in [-0.15, -0.1) is 5.10 Å². The van der Waals surface area contributed by atoms with Crippen LogP contribution in [0.15, 0.2) is 40.3 Å². The smallest absolute Gasteiger partial charge is 0.267 e. The summed E-state index contributed by atoms with van der Waals surface area (Å²) in [5.41, 5.74) is 0.926. The Labute approximate surface area is 120 Å². The lowest BCUT2D eigenvalue weighted by Crippen LogP contribution is -2.16. The highest BCUT2D eigenvalue weighted by atomic mass is 32.2. The van der Waals surface area contributed by atoms with E-state index in [1.807, 2.05) is 30.3 Å². The molecule has 1 N–H and O–H groups in total. The predicted molar refractivity (Wildman–Crippen MR) is 76.4 cm³/mol. The summed E-state index contributed by atoms with van der Waals surface area (Å²) in [5.74, 6) is 0. The molecular weight excluding hydrogens is 272 g/mol. The maximum absolute atomic E-state index is 11.8. The second-order valence-electron chi connectivity index (χ2n) is 4.79. The molecule has 0 bridgehead atoms. The number of benzene rings is 1. The fraction of sp³-hybridized carbons (Fsp3) is 0.357. The largest absolute Gasteiger partial charge is 0.344 e. The molecule has 1 fully saturated rings. The third kappa shape index (κ3) is 2.63. The zero-order valence-corrected chi connectivity index (χ0v) is 11.6. The number of nitrogens with zero attached hydrogens (tertiary/aromatic N) is 3. The van der Waals surface area contributed by atoms with Gasteiger partial charge in [0.15, 0.2) is 5.16 Å². The summed E-state index contributed by atoms with van der Waals surface area (Å²) in [5, 5.41) is 16.3. The van der Waals surface area contributed by atoms with Gasteiger partial charge in [-0.3, -0.25) is 4.57 Å². The molecule has 5 nitrogen and oxygen atoms in total. The zero-order valence-electron chi connectivity index (χ0n) is 10.8. The van der Waals surface area contributed by atoms with Crippen molar-refractivity contribution in [3.05, 3.63) is 46.4 Å². The van der Waals surface area contributed by atoms with E-state index in [2.05, 4.69) is 16.3 Å². The molecule has 1 aliphatic carbocycles. The second kappa shape index (κ2) is 5.55. The van der Waals surface area contributed by atoms with Crippen LogP contribution in [0.2, 0.25) is 0 Å². The number of nitrogens with one attached hydrogen (secondary N) is 1. The Bertz CT molecular complexity index is 681. The molecule has 0 aliphatic heterocycles. The first kappa shape index (κ1) is 13.0. The molecule has 1 aromatic carbocycles. The third-order valence-electron chi connectivity index (χ3n) is 3.28. The van der Waals surface area contributed by atoms with E-state index in [1.165, 1.54) is 11.8 Å². The SMILES string of the molecule is N#CCC(Sc1n[nH]c(=O)n1C1CC1)c1ccccc1. The average Bonchev–Trinajstić information content (AvgIpc) is 3.24. The van der Waals surface area contributed by atoms with Gasteiger partial charge < -0.3 is 0 Å². The Kier molecular flexibility index (Phi) is 3.61. The molecule has 1 aromatic heterocycles. The highest BCUT2D eigenvalue weighted by molar-refractivity contribution is 7.99. The van der Waals surface area contributed by atoms with Gasteiger partial charge >= 0.3 is 5.69 Å². The number of hydrogen-bond acceptors (Lipinski definition) is 4. The summed E-state index contributed by atoms with van der Waals surface area (Å²) in [6, 6.07) is 12.4. The van der Waals surface area contributed by atoms with Crippen molar-refractivity contribution in [3.8, 4) is 6.07 Å². The Morgan fingerprint density at radius 2 is 2.20 bits per heavy atom. The minimum Gasteiger partial charge on any atom is -0.267 e. The summed E-state index contributed by atoms with van der Waals surface area (Å²) < 4.78 is 1.72. The van der Waals surface area contributed by atoms with E-state index < -0.39 is 0 Å². The fourth-order valence-corrected chi connectivity index (χ4v) is 3.28. The van der Waals surface area contributed by atoms with E-state index in [0.717, 1.165) is 18.4 Å². The monoisotopic (exact) mass is 286 g/mol. The van der Waals surface area contributed by atoms with Crippen LogP contribution in [0.25, 0.3) is 0 Å². The quantitative estimate of drug-likeness (QED) is 0.857. The topological polar surface area (TPSA) is 74.5 Å². The Morgan fingerprint density at radius 3 is 2.85 bits per heavy atom. The summed E-state index contributed by atoms with van der Waals surface area (Å²) in [6.45, 7) is 0. The molecule has 6 heteroatoms. The van der Waals surface area contributed by atoms with Crippen molar-refractivity contribution < 1.29 is 0 Å². The third-order valence-corrected chi connectivity index (χ3v) is 4.50. The van der Waals surface area contributed by atoms with Crippen LogP contribution < -0.4 is 5.69 Å². The molecule has 1 aliphatic rings. The van der Waals surface area contributed by atoms with Crippen molar-refractivity contribution in [2.75, 3.05) is 0 Å². The van der Waals surface area contributed by atoms with Crippen molar-refractivity contribution in [2.45, 2.75) is 35.7 Å². The van der Waals surface area contributed by atoms with Gasteiger partial charge in [-0.2, -0.15) is 5.26 Å². The first-order chi connectivity index (χ1) is 9.79. The van der Waals surface area contributed by atoms with Gasteiger partial charge in [-0.25, -0.2) is 9.89 Å². The Balaban J connectivity index is 1.87. The molecule has 0 radical (unpaired) electrons. The van der Waals surface area contributed by atoms with E-state index in [1.54, 1.807) is 4.57 Å². The molecule has 0 amide bonds. The van der Waals surface area contributed by atoms with Crippen molar-refractivity contribution in [3.63, 3.8) is 0 Å². The molecular formula is C14H14N4OS. The van der Waals surface area contributed by atoms with E-state index in [0.29, 0.717) is 11.6 Å². The van der Waals surface area contributed by atoms with Crippen LogP contribution in [0.3, 0.4) is 0 Å². The standard InChI is InChI=1S/C14H14N4OS/c15-9-8-12(10-4-2-1-3-5-10)20-14-17-16-13(19)18(14)11-6-7-11/h1-5,11-12H,6-8H2,(H,16,19). The maximum atomic E-state index is 11.8. The predicted octanol–water partition coefficient (Wildman–Crippen LogP) is 2.65. The van der Waals surface area contributed by atoms with Crippen LogP contribution in [-0.2, 0) is 0 Å². The molecule has 102 valence electrons. The molecule has 0 spiro atoms. The van der Waals surface area contributed by atoms with E-state index in [9.17, 15) is 4.79 Å². The molecule has 1 unspecified atom stereocenters. The number of thioether (sulfide) groups is 1. The van der Waals surface area contributed by atoms with Crippen LogP contribution in [0.4, 0.5) is 0 Å². The van der Waals surface area contributed by atoms with Crippen LogP contribution >= 0.6 is 11.8 Å². The van der Waals surface area contributed by atoms with E-state index in [4.69, 9.17) is 5.26 Å². The lowest BCUT2D eigenvalue weighted by molar-refractivity contribution is 0.641.